The van der Waals surface area contributed by atoms with E-state index in [1.165, 1.54) is 24.3 Å². The summed E-state index contributed by atoms with van der Waals surface area (Å²) in [5.74, 6) is 0. The van der Waals surface area contributed by atoms with E-state index in [4.69, 9.17) is 0 Å². The molecule has 1 rings (SSSR count). The fourth-order valence-corrected chi connectivity index (χ4v) is 1.82. The number of rotatable bonds is 4. The Morgan fingerprint density at radius 1 is 1.44 bits per heavy atom. The monoisotopic (exact) mass is 243 g/mol. The summed E-state index contributed by atoms with van der Waals surface area (Å²) < 4.78 is 27.4. The number of nitro groups is 1. The molecule has 0 spiro atoms. The van der Waals surface area contributed by atoms with E-state index in [0.29, 0.717) is 0 Å². The van der Waals surface area contributed by atoms with Gasteiger partial charge in [0.25, 0.3) is 5.69 Å². The first-order valence-corrected chi connectivity index (χ1v) is 5.67. The van der Waals surface area contributed by atoms with E-state index in [-0.39, 0.29) is 10.6 Å². The first-order chi connectivity index (χ1) is 7.47. The molecule has 86 valence electrons. The minimum atomic E-state index is -3.97. The van der Waals surface area contributed by atoms with Gasteiger partial charge >= 0.3 is 10.1 Å². The van der Waals surface area contributed by atoms with Crippen molar-refractivity contribution in [3.05, 3.63) is 46.7 Å². The molecule has 16 heavy (non-hydrogen) atoms. The molecule has 0 heterocycles. The number of allylic oxidation sites excluding steroid dienone is 1. The number of non-ortho nitro benzene ring substituents is 1. The highest BCUT2D eigenvalue weighted by Crippen LogP contribution is 2.19. The normalized spacial score (nSPS) is 11.6. The lowest BCUT2D eigenvalue weighted by Crippen LogP contribution is -2.02. The lowest BCUT2D eigenvalue weighted by Gasteiger charge is -2.01. The van der Waals surface area contributed by atoms with E-state index < -0.39 is 15.0 Å². The Morgan fingerprint density at radius 3 is 2.69 bits per heavy atom. The molecule has 0 aliphatic heterocycles. The summed E-state index contributed by atoms with van der Waals surface area (Å²) in [7, 11) is -3.97. The van der Waals surface area contributed by atoms with Crippen LogP contribution in [0.2, 0.25) is 0 Å². The highest BCUT2D eigenvalue weighted by atomic mass is 32.2. The largest absolute Gasteiger partial charge is 0.387 e. The lowest BCUT2D eigenvalue weighted by molar-refractivity contribution is -0.385. The summed E-state index contributed by atoms with van der Waals surface area (Å²) in [5.41, 5.74) is -0.301. The van der Waals surface area contributed by atoms with Gasteiger partial charge in [-0.3, -0.25) is 10.1 Å². The van der Waals surface area contributed by atoms with Crippen molar-refractivity contribution in [1.29, 1.82) is 0 Å². The second kappa shape index (κ2) is 4.75. The first kappa shape index (κ1) is 12.2. The van der Waals surface area contributed by atoms with Crippen LogP contribution >= 0.6 is 0 Å². The van der Waals surface area contributed by atoms with Crippen LogP contribution in [0.3, 0.4) is 0 Å². The molecule has 0 aliphatic carbocycles. The van der Waals surface area contributed by atoms with Crippen LogP contribution in [0.15, 0.2) is 41.5 Å². The highest BCUT2D eigenvalue weighted by molar-refractivity contribution is 7.86. The molecule has 0 bridgehead atoms. The van der Waals surface area contributed by atoms with Crippen molar-refractivity contribution >= 4 is 15.8 Å². The van der Waals surface area contributed by atoms with Gasteiger partial charge in [0.05, 0.1) is 4.92 Å². The van der Waals surface area contributed by atoms with Crippen LogP contribution in [-0.4, -0.2) is 13.3 Å². The van der Waals surface area contributed by atoms with Crippen molar-refractivity contribution in [2.24, 2.45) is 0 Å². The van der Waals surface area contributed by atoms with Gasteiger partial charge in [-0.15, -0.1) is 0 Å². The van der Waals surface area contributed by atoms with Crippen molar-refractivity contribution in [2.45, 2.75) is 11.8 Å². The van der Waals surface area contributed by atoms with Crippen LogP contribution in [-0.2, 0) is 14.3 Å². The zero-order chi connectivity index (χ0) is 12.2. The summed E-state index contributed by atoms with van der Waals surface area (Å²) in [6.07, 6.45) is 2.39. The van der Waals surface area contributed by atoms with E-state index in [2.05, 4.69) is 4.18 Å². The minimum absolute atomic E-state index is 0.250. The van der Waals surface area contributed by atoms with Crippen molar-refractivity contribution in [2.75, 3.05) is 0 Å². The number of hydrogen-bond acceptors (Lipinski definition) is 5. The molecule has 0 aromatic heterocycles. The first-order valence-electron chi connectivity index (χ1n) is 4.26. The Hall–Kier alpha value is -1.89. The lowest BCUT2D eigenvalue weighted by atomic mass is 10.3. The molecular formula is C9H9NO5S. The van der Waals surface area contributed by atoms with E-state index in [9.17, 15) is 18.5 Å². The summed E-state index contributed by atoms with van der Waals surface area (Å²) in [4.78, 5) is 9.53. The second-order valence-electron chi connectivity index (χ2n) is 2.77. The number of nitro benzene ring substituents is 1. The number of benzene rings is 1. The fraction of sp³-hybridized carbons (Fsp3) is 0.111. The number of nitrogens with zero attached hydrogens (tertiary/aromatic N) is 1. The summed E-state index contributed by atoms with van der Waals surface area (Å²) in [6.45, 7) is 1.59. The topological polar surface area (TPSA) is 86.5 Å². The molecule has 0 N–H and O–H groups in total. The molecular weight excluding hydrogens is 234 g/mol. The smallest absolute Gasteiger partial charge is 0.338 e. The van der Waals surface area contributed by atoms with Crippen molar-refractivity contribution in [3.8, 4) is 0 Å². The zero-order valence-corrected chi connectivity index (χ0v) is 9.18. The Morgan fingerprint density at radius 2 is 2.12 bits per heavy atom. The van der Waals surface area contributed by atoms with E-state index in [1.807, 2.05) is 0 Å². The molecule has 0 saturated carbocycles. The van der Waals surface area contributed by atoms with Gasteiger partial charge in [0.1, 0.15) is 11.2 Å². The molecule has 7 heteroatoms. The molecule has 0 aliphatic rings. The minimum Gasteiger partial charge on any atom is -0.387 e. The highest BCUT2D eigenvalue weighted by Gasteiger charge is 2.17. The van der Waals surface area contributed by atoms with Gasteiger partial charge in [-0.05, 0) is 13.0 Å². The Bertz CT molecular complexity index is 520. The van der Waals surface area contributed by atoms with Gasteiger partial charge in [-0.1, -0.05) is 12.1 Å². The Balaban J connectivity index is 3.13. The molecule has 0 amide bonds. The van der Waals surface area contributed by atoms with E-state index >= 15 is 0 Å². The SMILES string of the molecule is C/C=C/OS(=O)(=O)c1cccc([N+](=O)[O-])c1. The predicted octanol–water partition coefficient (Wildman–Crippen LogP) is 1.83. The van der Waals surface area contributed by atoms with Gasteiger partial charge in [-0.2, -0.15) is 8.42 Å². The summed E-state index contributed by atoms with van der Waals surface area (Å²) in [6, 6.07) is 4.66. The molecule has 0 saturated heterocycles. The Kier molecular flexibility index (Phi) is 3.62. The van der Waals surface area contributed by atoms with Crippen LogP contribution in [0, 0.1) is 10.1 Å². The summed E-state index contributed by atoms with van der Waals surface area (Å²) >= 11 is 0. The third-order valence-corrected chi connectivity index (χ3v) is 2.83. The molecule has 0 unspecified atom stereocenters. The van der Waals surface area contributed by atoms with Crippen LogP contribution in [0.4, 0.5) is 5.69 Å². The molecule has 1 aromatic rings. The predicted molar refractivity (Wildman–Crippen MR) is 56.2 cm³/mol. The molecule has 0 radical (unpaired) electrons. The fourth-order valence-electron chi connectivity index (χ4n) is 0.937. The number of hydrogen-bond donors (Lipinski definition) is 0. The quantitative estimate of drug-likeness (QED) is 0.348. The average molecular weight is 243 g/mol. The molecule has 1 aromatic carbocycles. The van der Waals surface area contributed by atoms with Gasteiger partial charge in [-0.25, -0.2) is 0 Å². The maximum atomic E-state index is 11.5. The van der Waals surface area contributed by atoms with Crippen LogP contribution < -0.4 is 0 Å². The van der Waals surface area contributed by atoms with Gasteiger partial charge in [0, 0.05) is 12.1 Å². The van der Waals surface area contributed by atoms with Crippen LogP contribution in [0.1, 0.15) is 6.92 Å². The van der Waals surface area contributed by atoms with E-state index in [0.717, 1.165) is 12.3 Å². The van der Waals surface area contributed by atoms with Crippen molar-refractivity contribution in [1.82, 2.24) is 0 Å². The maximum absolute atomic E-state index is 11.5. The van der Waals surface area contributed by atoms with Gasteiger partial charge in [0.2, 0.25) is 0 Å². The zero-order valence-electron chi connectivity index (χ0n) is 8.36. The molecule has 0 fully saturated rings. The third-order valence-electron chi connectivity index (χ3n) is 1.64. The van der Waals surface area contributed by atoms with Gasteiger partial charge < -0.3 is 4.18 Å². The molecule has 0 atom stereocenters. The van der Waals surface area contributed by atoms with E-state index in [1.54, 1.807) is 6.92 Å². The van der Waals surface area contributed by atoms with Crippen LogP contribution in [0.5, 0.6) is 0 Å². The summed E-state index contributed by atoms with van der Waals surface area (Å²) in [5, 5.41) is 10.5. The van der Waals surface area contributed by atoms with Crippen molar-refractivity contribution in [3.63, 3.8) is 0 Å². The van der Waals surface area contributed by atoms with Gasteiger partial charge in [0.15, 0.2) is 0 Å². The average Bonchev–Trinajstić information content (AvgIpc) is 2.26. The van der Waals surface area contributed by atoms with Crippen molar-refractivity contribution < 1.29 is 17.5 Å². The standard InChI is InChI=1S/C9H9NO5S/c1-2-6-15-16(13,14)9-5-3-4-8(7-9)10(11)12/h2-7H,1H3/b6-2+. The second-order valence-corrected chi connectivity index (χ2v) is 4.35. The van der Waals surface area contributed by atoms with Crippen LogP contribution in [0.25, 0.3) is 0 Å². The third kappa shape index (κ3) is 2.80. The Labute approximate surface area is 92.4 Å². The maximum Gasteiger partial charge on any atom is 0.338 e. The molecule has 6 nitrogen and oxygen atoms in total.